The van der Waals surface area contributed by atoms with Crippen molar-refractivity contribution in [1.29, 1.82) is 0 Å². The maximum Gasteiger partial charge on any atom is 0.303 e. The smallest absolute Gasteiger partial charge is 0.303 e. The predicted octanol–water partition coefficient (Wildman–Crippen LogP) is 6.07. The molecule has 0 unspecified atom stereocenters. The number of aliphatic carboxylic acids is 1. The second kappa shape index (κ2) is 9.51. The zero-order chi connectivity index (χ0) is 21.6. The third-order valence-electron chi connectivity index (χ3n) is 5.03. The zero-order valence-electron chi connectivity index (χ0n) is 17.5. The molecule has 6 heteroatoms. The number of aromatic nitrogens is 1. The SMILES string of the molecule is CCOc1ccc2nc(-c3ccc4cc(OCCCCCC(=O)O)ccc4c3)oc2c1. The highest BCUT2D eigenvalue weighted by molar-refractivity contribution is 5.88. The fourth-order valence-corrected chi connectivity index (χ4v) is 3.48. The van der Waals surface area contributed by atoms with Crippen LogP contribution in [0.2, 0.25) is 0 Å². The van der Waals surface area contributed by atoms with E-state index in [-0.39, 0.29) is 6.42 Å². The summed E-state index contributed by atoms with van der Waals surface area (Å²) in [6.07, 6.45) is 2.58. The number of ether oxygens (including phenoxy) is 2. The minimum atomic E-state index is -0.747. The average Bonchev–Trinajstić information content (AvgIpc) is 3.19. The third-order valence-corrected chi connectivity index (χ3v) is 5.03. The summed E-state index contributed by atoms with van der Waals surface area (Å²) in [6.45, 7) is 3.13. The van der Waals surface area contributed by atoms with Crippen LogP contribution in [0.15, 0.2) is 59.0 Å². The van der Waals surface area contributed by atoms with Gasteiger partial charge in [-0.1, -0.05) is 12.1 Å². The number of carbonyl (C=O) groups is 1. The number of hydrogen-bond acceptors (Lipinski definition) is 5. The van der Waals surface area contributed by atoms with E-state index in [1.807, 2.05) is 55.5 Å². The molecule has 0 spiro atoms. The van der Waals surface area contributed by atoms with Crippen LogP contribution in [0.25, 0.3) is 33.3 Å². The summed E-state index contributed by atoms with van der Waals surface area (Å²) in [7, 11) is 0. The van der Waals surface area contributed by atoms with Crippen LogP contribution in [-0.4, -0.2) is 29.3 Å². The lowest BCUT2D eigenvalue weighted by Gasteiger charge is -2.08. The van der Waals surface area contributed by atoms with Crippen molar-refractivity contribution in [3.05, 3.63) is 54.6 Å². The number of carboxylic acids is 1. The molecule has 31 heavy (non-hydrogen) atoms. The van der Waals surface area contributed by atoms with Crippen molar-refractivity contribution < 1.29 is 23.8 Å². The van der Waals surface area contributed by atoms with E-state index in [1.165, 1.54) is 0 Å². The standard InChI is InChI=1S/C25H25NO5/c1-2-29-21-11-12-22-23(16-21)31-25(26-22)19-8-7-18-15-20(10-9-17(18)14-19)30-13-5-3-4-6-24(27)28/h7-12,14-16H,2-6,13H2,1H3,(H,27,28). The van der Waals surface area contributed by atoms with Crippen molar-refractivity contribution >= 4 is 27.8 Å². The highest BCUT2D eigenvalue weighted by atomic mass is 16.5. The van der Waals surface area contributed by atoms with Gasteiger partial charge in [0.25, 0.3) is 0 Å². The largest absolute Gasteiger partial charge is 0.494 e. The summed E-state index contributed by atoms with van der Waals surface area (Å²) < 4.78 is 17.3. The molecule has 1 heterocycles. The molecule has 3 aromatic carbocycles. The first-order valence-electron chi connectivity index (χ1n) is 10.5. The van der Waals surface area contributed by atoms with Gasteiger partial charge in [-0.2, -0.15) is 0 Å². The topological polar surface area (TPSA) is 81.8 Å². The molecule has 4 aromatic rings. The van der Waals surface area contributed by atoms with E-state index in [9.17, 15) is 4.79 Å². The first-order valence-corrected chi connectivity index (χ1v) is 10.5. The molecule has 0 saturated heterocycles. The number of rotatable bonds is 10. The van der Waals surface area contributed by atoms with E-state index in [0.29, 0.717) is 31.1 Å². The fraction of sp³-hybridized carbons (Fsp3) is 0.280. The number of hydrogen-bond donors (Lipinski definition) is 1. The van der Waals surface area contributed by atoms with Crippen LogP contribution in [0, 0.1) is 0 Å². The number of unbranched alkanes of at least 4 members (excludes halogenated alkanes) is 2. The van der Waals surface area contributed by atoms with E-state index in [4.69, 9.17) is 19.0 Å². The van der Waals surface area contributed by atoms with Crippen LogP contribution in [0.3, 0.4) is 0 Å². The second-order valence-electron chi connectivity index (χ2n) is 7.36. The number of benzene rings is 3. The fourth-order valence-electron chi connectivity index (χ4n) is 3.48. The maximum atomic E-state index is 10.5. The molecule has 0 aliphatic heterocycles. The van der Waals surface area contributed by atoms with Crippen molar-refractivity contribution in [2.75, 3.05) is 13.2 Å². The molecule has 0 fully saturated rings. The van der Waals surface area contributed by atoms with Crippen molar-refractivity contribution in [3.63, 3.8) is 0 Å². The molecular weight excluding hydrogens is 394 g/mol. The number of nitrogens with zero attached hydrogens (tertiary/aromatic N) is 1. The Labute approximate surface area is 180 Å². The first-order chi connectivity index (χ1) is 15.1. The Morgan fingerprint density at radius 3 is 2.55 bits per heavy atom. The summed E-state index contributed by atoms with van der Waals surface area (Å²) >= 11 is 0. The molecule has 1 N–H and O–H groups in total. The van der Waals surface area contributed by atoms with Gasteiger partial charge >= 0.3 is 5.97 Å². The number of carboxylic acid groups (broad SMARTS) is 1. The summed E-state index contributed by atoms with van der Waals surface area (Å²) in [5.41, 5.74) is 2.41. The van der Waals surface area contributed by atoms with Gasteiger partial charge in [0.1, 0.15) is 17.0 Å². The van der Waals surface area contributed by atoms with Crippen LogP contribution in [0.1, 0.15) is 32.6 Å². The Kier molecular flexibility index (Phi) is 6.36. The van der Waals surface area contributed by atoms with Gasteiger partial charge in [0.05, 0.1) is 13.2 Å². The van der Waals surface area contributed by atoms with Gasteiger partial charge in [0.2, 0.25) is 5.89 Å². The highest BCUT2D eigenvalue weighted by Gasteiger charge is 2.10. The Morgan fingerprint density at radius 1 is 0.935 bits per heavy atom. The van der Waals surface area contributed by atoms with E-state index in [0.717, 1.165) is 46.2 Å². The molecule has 0 radical (unpaired) electrons. The van der Waals surface area contributed by atoms with Gasteiger partial charge in [-0.25, -0.2) is 4.98 Å². The monoisotopic (exact) mass is 419 g/mol. The van der Waals surface area contributed by atoms with Gasteiger partial charge in [-0.15, -0.1) is 0 Å². The molecule has 0 bridgehead atoms. The molecule has 1 aromatic heterocycles. The highest BCUT2D eigenvalue weighted by Crippen LogP contribution is 2.30. The first kappa shape index (κ1) is 20.7. The van der Waals surface area contributed by atoms with Crippen LogP contribution in [-0.2, 0) is 4.79 Å². The van der Waals surface area contributed by atoms with Gasteiger partial charge in [-0.05, 0) is 73.4 Å². The van der Waals surface area contributed by atoms with Crippen LogP contribution >= 0.6 is 0 Å². The Balaban J connectivity index is 1.44. The normalized spacial score (nSPS) is 11.1. The van der Waals surface area contributed by atoms with E-state index in [2.05, 4.69) is 11.1 Å². The van der Waals surface area contributed by atoms with Crippen LogP contribution in [0.5, 0.6) is 11.5 Å². The lowest BCUT2D eigenvalue weighted by molar-refractivity contribution is -0.137. The second-order valence-corrected chi connectivity index (χ2v) is 7.36. The van der Waals surface area contributed by atoms with Gasteiger partial charge in [0, 0.05) is 18.1 Å². The van der Waals surface area contributed by atoms with Crippen molar-refractivity contribution in [3.8, 4) is 23.0 Å². The summed E-state index contributed by atoms with van der Waals surface area (Å²) in [4.78, 5) is 15.1. The molecule has 6 nitrogen and oxygen atoms in total. The van der Waals surface area contributed by atoms with E-state index in [1.54, 1.807) is 0 Å². The van der Waals surface area contributed by atoms with E-state index < -0.39 is 5.97 Å². The van der Waals surface area contributed by atoms with E-state index >= 15 is 0 Å². The van der Waals surface area contributed by atoms with Crippen LogP contribution in [0.4, 0.5) is 0 Å². The van der Waals surface area contributed by atoms with Gasteiger partial charge < -0.3 is 19.0 Å². The molecule has 0 amide bonds. The minimum Gasteiger partial charge on any atom is -0.494 e. The van der Waals surface area contributed by atoms with Crippen LogP contribution < -0.4 is 9.47 Å². The van der Waals surface area contributed by atoms with Gasteiger partial charge in [-0.3, -0.25) is 4.79 Å². The zero-order valence-corrected chi connectivity index (χ0v) is 17.5. The van der Waals surface area contributed by atoms with Crippen molar-refractivity contribution in [1.82, 2.24) is 4.98 Å². The molecular formula is C25H25NO5. The number of oxazole rings is 1. The Morgan fingerprint density at radius 2 is 1.71 bits per heavy atom. The Bertz CT molecular complexity index is 1200. The third kappa shape index (κ3) is 5.15. The molecule has 0 atom stereocenters. The van der Waals surface area contributed by atoms with Crippen molar-refractivity contribution in [2.24, 2.45) is 0 Å². The van der Waals surface area contributed by atoms with Crippen molar-refractivity contribution in [2.45, 2.75) is 32.6 Å². The molecule has 0 aliphatic rings. The predicted molar refractivity (Wildman–Crippen MR) is 120 cm³/mol. The summed E-state index contributed by atoms with van der Waals surface area (Å²) in [5.74, 6) is 1.41. The summed E-state index contributed by atoms with van der Waals surface area (Å²) in [6, 6.07) is 17.7. The maximum absolute atomic E-state index is 10.5. The lowest BCUT2D eigenvalue weighted by Crippen LogP contribution is -1.99. The quantitative estimate of drug-likeness (QED) is 0.314. The number of fused-ring (bicyclic) bond motifs is 2. The summed E-state index contributed by atoms with van der Waals surface area (Å²) in [5, 5.41) is 10.8. The average molecular weight is 419 g/mol. The minimum absolute atomic E-state index is 0.214. The molecule has 4 rings (SSSR count). The molecule has 0 saturated carbocycles. The van der Waals surface area contributed by atoms with Gasteiger partial charge in [0.15, 0.2) is 5.58 Å². The lowest BCUT2D eigenvalue weighted by atomic mass is 10.1. The Hall–Kier alpha value is -3.54. The molecule has 0 aliphatic carbocycles. The molecule has 160 valence electrons.